The summed E-state index contributed by atoms with van der Waals surface area (Å²) in [5, 5.41) is 5.08. The molecule has 2 rings (SSSR count). The maximum atomic E-state index is 6.27. The Balaban J connectivity index is 2.75. The third-order valence-electron chi connectivity index (χ3n) is 6.55. The Labute approximate surface area is 204 Å². The van der Waals surface area contributed by atoms with E-state index in [0.717, 1.165) is 38.1 Å². The number of hydrogen-bond acceptors (Lipinski definition) is 3. The molecular weight excluding hydrogens is 425 g/mol. The van der Waals surface area contributed by atoms with Crippen LogP contribution in [0.4, 0.5) is 0 Å². The average Bonchev–Trinajstić information content (AvgIpc) is 2.77. The average molecular weight is 472 g/mol. The Bertz CT molecular complexity index is 903. The van der Waals surface area contributed by atoms with Crippen molar-refractivity contribution in [3.05, 3.63) is 58.1 Å². The van der Waals surface area contributed by atoms with Crippen molar-refractivity contribution in [1.29, 1.82) is 0 Å². The fraction of sp³-hybridized carbons (Fsp3) is 0.586. The second-order valence-corrected chi connectivity index (χ2v) is 11.9. The summed E-state index contributed by atoms with van der Waals surface area (Å²) in [5.74, 6) is 1.01. The monoisotopic (exact) mass is 471 g/mol. The third kappa shape index (κ3) is 6.81. The summed E-state index contributed by atoms with van der Waals surface area (Å²) >= 11 is 0. The van der Waals surface area contributed by atoms with E-state index in [1.54, 1.807) is 7.11 Å². The molecule has 184 valence electrons. The Morgan fingerprint density at radius 3 is 2.30 bits per heavy atom. The SMILES string of the molecule is CCCC(CC)(Pc1c(C)cccc1CNCC)c1cc(C(C)(C)C)cc(C)c1OCOC. The second kappa shape index (κ2) is 12.3. The number of benzene rings is 2. The van der Waals surface area contributed by atoms with Crippen LogP contribution in [0.3, 0.4) is 0 Å². The highest BCUT2D eigenvalue weighted by Gasteiger charge is 2.36. The molecule has 0 spiro atoms. The molecule has 0 amide bonds. The minimum Gasteiger partial charge on any atom is -0.467 e. The van der Waals surface area contributed by atoms with Crippen molar-refractivity contribution in [3.63, 3.8) is 0 Å². The fourth-order valence-electron chi connectivity index (χ4n) is 4.57. The molecule has 0 fully saturated rings. The lowest BCUT2D eigenvalue weighted by Crippen LogP contribution is -2.28. The summed E-state index contributed by atoms with van der Waals surface area (Å²) in [5.41, 5.74) is 6.81. The van der Waals surface area contributed by atoms with Crippen LogP contribution in [0.5, 0.6) is 5.75 Å². The van der Waals surface area contributed by atoms with Crippen molar-refractivity contribution >= 4 is 13.9 Å². The van der Waals surface area contributed by atoms with Gasteiger partial charge in [0.05, 0.1) is 0 Å². The zero-order valence-electron chi connectivity index (χ0n) is 22.4. The maximum absolute atomic E-state index is 6.27. The number of rotatable bonds is 12. The van der Waals surface area contributed by atoms with Gasteiger partial charge in [0.1, 0.15) is 5.75 Å². The summed E-state index contributed by atoms with van der Waals surface area (Å²) in [7, 11) is 2.37. The van der Waals surface area contributed by atoms with E-state index in [9.17, 15) is 0 Å². The van der Waals surface area contributed by atoms with Gasteiger partial charge in [-0.1, -0.05) is 86.9 Å². The molecule has 0 saturated carbocycles. The first-order valence-corrected chi connectivity index (χ1v) is 13.5. The van der Waals surface area contributed by atoms with Gasteiger partial charge in [-0.15, -0.1) is 0 Å². The molecule has 0 saturated heterocycles. The van der Waals surface area contributed by atoms with E-state index in [1.807, 2.05) is 0 Å². The van der Waals surface area contributed by atoms with Crippen molar-refractivity contribution in [2.24, 2.45) is 0 Å². The van der Waals surface area contributed by atoms with Crippen molar-refractivity contribution < 1.29 is 9.47 Å². The summed E-state index contributed by atoms with van der Waals surface area (Å²) in [4.78, 5) is 0. The highest BCUT2D eigenvalue weighted by atomic mass is 31.1. The zero-order chi connectivity index (χ0) is 24.6. The van der Waals surface area contributed by atoms with Gasteiger partial charge in [-0.25, -0.2) is 0 Å². The molecule has 0 radical (unpaired) electrons. The van der Waals surface area contributed by atoms with Crippen LogP contribution in [0, 0.1) is 13.8 Å². The Morgan fingerprint density at radius 1 is 1.00 bits per heavy atom. The largest absolute Gasteiger partial charge is 0.467 e. The second-order valence-electron chi connectivity index (χ2n) is 10.2. The zero-order valence-corrected chi connectivity index (χ0v) is 23.4. The molecule has 0 aromatic heterocycles. The molecule has 2 unspecified atom stereocenters. The van der Waals surface area contributed by atoms with Crippen LogP contribution in [0.1, 0.15) is 88.6 Å². The Morgan fingerprint density at radius 2 is 1.73 bits per heavy atom. The lowest BCUT2D eigenvalue weighted by Gasteiger charge is -2.38. The van der Waals surface area contributed by atoms with Crippen LogP contribution in [-0.2, 0) is 21.9 Å². The number of hydrogen-bond donors (Lipinski definition) is 1. The summed E-state index contributed by atoms with van der Waals surface area (Å²) in [6.07, 6.45) is 3.34. The van der Waals surface area contributed by atoms with Crippen molar-refractivity contribution in [2.75, 3.05) is 20.4 Å². The van der Waals surface area contributed by atoms with E-state index in [-0.39, 0.29) is 17.4 Å². The van der Waals surface area contributed by atoms with Crippen LogP contribution in [0.15, 0.2) is 30.3 Å². The van der Waals surface area contributed by atoms with Gasteiger partial charge < -0.3 is 14.8 Å². The van der Waals surface area contributed by atoms with E-state index in [2.05, 4.69) is 91.0 Å². The van der Waals surface area contributed by atoms with Gasteiger partial charge >= 0.3 is 0 Å². The molecule has 33 heavy (non-hydrogen) atoms. The van der Waals surface area contributed by atoms with E-state index in [4.69, 9.17) is 9.47 Å². The topological polar surface area (TPSA) is 30.5 Å². The molecule has 0 aliphatic heterocycles. The lowest BCUT2D eigenvalue weighted by atomic mass is 9.81. The number of nitrogens with one attached hydrogen (secondary N) is 1. The van der Waals surface area contributed by atoms with E-state index >= 15 is 0 Å². The standard InChI is InChI=1S/C29H46NO2P/c1-10-16-29(11-2,33-27-21(4)14-13-15-23(27)19-30-12-3)25-18-24(28(6,7)8)17-22(5)26(25)32-20-31-9/h13-15,17-18,30,33H,10-12,16,19-20H2,1-9H3. The first-order chi connectivity index (χ1) is 15.6. The summed E-state index contributed by atoms with van der Waals surface area (Å²) in [6, 6.07) is 11.5. The van der Waals surface area contributed by atoms with E-state index in [0.29, 0.717) is 8.58 Å². The number of aryl methyl sites for hydroxylation is 2. The molecule has 0 bridgehead atoms. The summed E-state index contributed by atoms with van der Waals surface area (Å²) in [6.45, 7) is 20.3. The number of ether oxygens (including phenoxy) is 2. The first kappa shape index (κ1) is 27.8. The van der Waals surface area contributed by atoms with Gasteiger partial charge in [-0.3, -0.25) is 0 Å². The maximum Gasteiger partial charge on any atom is 0.188 e. The quantitative estimate of drug-likeness (QED) is 0.264. The van der Waals surface area contributed by atoms with E-state index in [1.165, 1.54) is 33.1 Å². The van der Waals surface area contributed by atoms with Gasteiger partial charge in [-0.2, -0.15) is 0 Å². The van der Waals surface area contributed by atoms with Crippen LogP contribution < -0.4 is 15.4 Å². The molecule has 2 atom stereocenters. The molecule has 3 nitrogen and oxygen atoms in total. The van der Waals surface area contributed by atoms with Gasteiger partial charge in [0.25, 0.3) is 0 Å². The van der Waals surface area contributed by atoms with E-state index < -0.39 is 0 Å². The normalized spacial score (nSPS) is 14.1. The Hall–Kier alpha value is -1.41. The van der Waals surface area contributed by atoms with Crippen LogP contribution in [0.25, 0.3) is 0 Å². The van der Waals surface area contributed by atoms with Gasteiger partial charge in [-0.05, 0) is 66.2 Å². The highest BCUT2D eigenvalue weighted by Crippen LogP contribution is 2.53. The molecule has 0 aliphatic carbocycles. The molecule has 0 aliphatic rings. The minimum atomic E-state index is 0.0247. The molecule has 1 N–H and O–H groups in total. The van der Waals surface area contributed by atoms with Crippen LogP contribution >= 0.6 is 8.58 Å². The van der Waals surface area contributed by atoms with Gasteiger partial charge in [0.15, 0.2) is 6.79 Å². The predicted molar refractivity (Wildman–Crippen MR) is 146 cm³/mol. The molecular formula is C29H46NO2P. The van der Waals surface area contributed by atoms with Crippen molar-refractivity contribution in [2.45, 2.75) is 91.8 Å². The third-order valence-corrected chi connectivity index (χ3v) is 8.86. The van der Waals surface area contributed by atoms with Crippen molar-refractivity contribution in [3.8, 4) is 5.75 Å². The Kier molecular flexibility index (Phi) is 10.4. The fourth-order valence-corrected chi connectivity index (χ4v) is 6.54. The predicted octanol–water partition coefficient (Wildman–Crippen LogP) is 7.10. The molecule has 4 heteroatoms. The van der Waals surface area contributed by atoms with Gasteiger partial charge in [0.2, 0.25) is 0 Å². The lowest BCUT2D eigenvalue weighted by molar-refractivity contribution is 0.0493. The van der Waals surface area contributed by atoms with Crippen LogP contribution in [0.2, 0.25) is 0 Å². The van der Waals surface area contributed by atoms with Crippen molar-refractivity contribution in [1.82, 2.24) is 5.32 Å². The smallest absolute Gasteiger partial charge is 0.188 e. The molecule has 2 aromatic carbocycles. The summed E-state index contributed by atoms with van der Waals surface area (Å²) < 4.78 is 11.6. The van der Waals surface area contributed by atoms with Gasteiger partial charge in [0, 0.05) is 24.4 Å². The minimum absolute atomic E-state index is 0.0247. The number of methoxy groups -OCH3 is 1. The highest BCUT2D eigenvalue weighted by molar-refractivity contribution is 7.48. The first-order valence-electron chi connectivity index (χ1n) is 12.5. The van der Waals surface area contributed by atoms with Crippen LogP contribution in [-0.4, -0.2) is 20.4 Å². The molecule has 0 heterocycles. The molecule has 2 aromatic rings.